The van der Waals surface area contributed by atoms with Crippen molar-refractivity contribution in [3.05, 3.63) is 88.9 Å². The Morgan fingerprint density at radius 2 is 1.71 bits per heavy atom. The Bertz CT molecular complexity index is 1450. The van der Waals surface area contributed by atoms with Crippen molar-refractivity contribution in [1.82, 2.24) is 10.2 Å². The minimum Gasteiger partial charge on any atom is -0.495 e. The Hall–Kier alpha value is -3.56. The van der Waals surface area contributed by atoms with Crippen LogP contribution in [-0.4, -0.2) is 51.4 Å². The maximum absolute atomic E-state index is 14.2. The number of halogens is 1. The minimum absolute atomic E-state index is 0.00165. The predicted molar refractivity (Wildman–Crippen MR) is 163 cm³/mol. The van der Waals surface area contributed by atoms with Gasteiger partial charge in [-0.05, 0) is 55.2 Å². The molecule has 0 saturated heterocycles. The summed E-state index contributed by atoms with van der Waals surface area (Å²) in [5.74, 6) is -0.382. The van der Waals surface area contributed by atoms with Crippen LogP contribution >= 0.6 is 11.6 Å². The molecule has 220 valence electrons. The average molecular weight is 600 g/mol. The lowest BCUT2D eigenvalue weighted by Crippen LogP contribution is -2.52. The standard InChI is InChI=1S/C31H38ClN3O5S/c1-6-27(31(37)33-19-22(2)3)34(20-24-12-10-11-23(4)17-24)30(36)21-35(28-18-25(32)15-16-29(28)40-5)41(38,39)26-13-8-7-9-14-26/h7-18,22,27H,6,19-21H2,1-5H3,(H,33,37). The lowest BCUT2D eigenvalue weighted by molar-refractivity contribution is -0.140. The number of ether oxygens (including phenoxy) is 1. The third kappa shape index (κ3) is 8.24. The Morgan fingerprint density at radius 3 is 2.32 bits per heavy atom. The number of benzene rings is 3. The molecule has 3 aromatic carbocycles. The van der Waals surface area contributed by atoms with Crippen molar-refractivity contribution < 1.29 is 22.7 Å². The van der Waals surface area contributed by atoms with Crippen LogP contribution in [0.1, 0.15) is 38.3 Å². The average Bonchev–Trinajstić information content (AvgIpc) is 2.95. The van der Waals surface area contributed by atoms with Crippen molar-refractivity contribution in [1.29, 1.82) is 0 Å². The van der Waals surface area contributed by atoms with E-state index in [1.54, 1.807) is 30.3 Å². The van der Waals surface area contributed by atoms with Crippen LogP contribution in [0.15, 0.2) is 77.7 Å². The maximum Gasteiger partial charge on any atom is 0.264 e. The number of sulfonamides is 1. The highest BCUT2D eigenvalue weighted by molar-refractivity contribution is 7.92. The van der Waals surface area contributed by atoms with Crippen LogP contribution in [0.25, 0.3) is 0 Å². The van der Waals surface area contributed by atoms with E-state index in [0.717, 1.165) is 15.4 Å². The second-order valence-electron chi connectivity index (χ2n) is 10.2. The molecule has 3 aromatic rings. The number of nitrogens with one attached hydrogen (secondary N) is 1. The summed E-state index contributed by atoms with van der Waals surface area (Å²) in [4.78, 5) is 29.0. The molecule has 0 fully saturated rings. The number of methoxy groups -OCH3 is 1. The van der Waals surface area contributed by atoms with E-state index in [0.29, 0.717) is 13.0 Å². The predicted octanol–water partition coefficient (Wildman–Crippen LogP) is 5.43. The van der Waals surface area contributed by atoms with Crippen molar-refractivity contribution in [2.45, 2.75) is 51.6 Å². The van der Waals surface area contributed by atoms with E-state index in [-0.39, 0.29) is 39.7 Å². The van der Waals surface area contributed by atoms with Crippen LogP contribution in [0.3, 0.4) is 0 Å². The molecule has 0 aliphatic heterocycles. The summed E-state index contributed by atoms with van der Waals surface area (Å²) < 4.78 is 34.5. The summed E-state index contributed by atoms with van der Waals surface area (Å²) in [7, 11) is -2.82. The van der Waals surface area contributed by atoms with Crippen LogP contribution in [0.5, 0.6) is 5.75 Å². The fourth-order valence-corrected chi connectivity index (χ4v) is 6.04. The third-order valence-electron chi connectivity index (χ3n) is 6.53. The van der Waals surface area contributed by atoms with Crippen molar-refractivity contribution in [2.24, 2.45) is 5.92 Å². The van der Waals surface area contributed by atoms with Gasteiger partial charge in [0.25, 0.3) is 10.0 Å². The zero-order valence-corrected chi connectivity index (χ0v) is 25.7. The molecule has 0 aliphatic rings. The van der Waals surface area contributed by atoms with Gasteiger partial charge in [-0.2, -0.15) is 0 Å². The maximum atomic E-state index is 14.2. The quantitative estimate of drug-likeness (QED) is 0.283. The largest absolute Gasteiger partial charge is 0.495 e. The zero-order valence-electron chi connectivity index (χ0n) is 24.1. The van der Waals surface area contributed by atoms with E-state index in [4.69, 9.17) is 16.3 Å². The Labute approximate surface area is 248 Å². The number of carbonyl (C=O) groups is 2. The van der Waals surface area contributed by atoms with Gasteiger partial charge in [0, 0.05) is 18.1 Å². The van der Waals surface area contributed by atoms with Gasteiger partial charge in [0.1, 0.15) is 18.3 Å². The van der Waals surface area contributed by atoms with Crippen molar-refractivity contribution >= 4 is 39.1 Å². The van der Waals surface area contributed by atoms with Gasteiger partial charge < -0.3 is 15.0 Å². The summed E-state index contributed by atoms with van der Waals surface area (Å²) in [5, 5.41) is 3.21. The molecule has 0 heterocycles. The van der Waals surface area contributed by atoms with E-state index in [9.17, 15) is 18.0 Å². The molecule has 3 rings (SSSR count). The molecule has 0 aliphatic carbocycles. The van der Waals surface area contributed by atoms with Gasteiger partial charge in [-0.3, -0.25) is 13.9 Å². The fourth-order valence-electron chi connectivity index (χ4n) is 4.44. The van der Waals surface area contributed by atoms with Crippen LogP contribution in [-0.2, 0) is 26.2 Å². The number of rotatable bonds is 13. The van der Waals surface area contributed by atoms with Gasteiger partial charge in [-0.25, -0.2) is 8.42 Å². The van der Waals surface area contributed by atoms with Crippen LogP contribution in [0, 0.1) is 12.8 Å². The fraction of sp³-hybridized carbons (Fsp3) is 0.355. The minimum atomic E-state index is -4.24. The summed E-state index contributed by atoms with van der Waals surface area (Å²) in [6, 6.07) is 19.3. The van der Waals surface area contributed by atoms with E-state index in [2.05, 4.69) is 5.32 Å². The second-order valence-corrected chi connectivity index (χ2v) is 12.5. The third-order valence-corrected chi connectivity index (χ3v) is 8.53. The highest BCUT2D eigenvalue weighted by Gasteiger charge is 2.34. The molecule has 2 amide bonds. The molecule has 0 radical (unpaired) electrons. The van der Waals surface area contributed by atoms with E-state index < -0.39 is 28.5 Å². The van der Waals surface area contributed by atoms with Gasteiger partial charge in [0.15, 0.2) is 0 Å². The first-order valence-corrected chi connectivity index (χ1v) is 15.3. The molecule has 0 spiro atoms. The summed E-state index contributed by atoms with van der Waals surface area (Å²) in [5.41, 5.74) is 1.94. The monoisotopic (exact) mass is 599 g/mol. The first-order valence-electron chi connectivity index (χ1n) is 13.5. The van der Waals surface area contributed by atoms with Crippen molar-refractivity contribution in [3.63, 3.8) is 0 Å². The van der Waals surface area contributed by atoms with E-state index in [1.807, 2.05) is 52.0 Å². The molecule has 1 unspecified atom stereocenters. The van der Waals surface area contributed by atoms with Gasteiger partial charge in [-0.15, -0.1) is 0 Å². The number of hydrogen-bond acceptors (Lipinski definition) is 5. The smallest absolute Gasteiger partial charge is 0.264 e. The number of aryl methyl sites for hydroxylation is 1. The molecule has 10 heteroatoms. The topological polar surface area (TPSA) is 96.0 Å². The molecule has 1 N–H and O–H groups in total. The van der Waals surface area contributed by atoms with Crippen LogP contribution in [0.4, 0.5) is 5.69 Å². The highest BCUT2D eigenvalue weighted by Crippen LogP contribution is 2.35. The summed E-state index contributed by atoms with van der Waals surface area (Å²) >= 11 is 6.28. The summed E-state index contributed by atoms with van der Waals surface area (Å²) in [6.07, 6.45) is 0.341. The van der Waals surface area contributed by atoms with Gasteiger partial charge in [0.05, 0.1) is 17.7 Å². The zero-order chi connectivity index (χ0) is 30.2. The molecule has 41 heavy (non-hydrogen) atoms. The van der Waals surface area contributed by atoms with E-state index in [1.165, 1.54) is 30.2 Å². The Kier molecular flexibility index (Phi) is 11.2. The normalized spacial score (nSPS) is 12.1. The molecule has 0 saturated carbocycles. The van der Waals surface area contributed by atoms with Crippen LogP contribution in [0.2, 0.25) is 5.02 Å². The van der Waals surface area contributed by atoms with E-state index >= 15 is 0 Å². The Balaban J connectivity index is 2.11. The number of hydrogen-bond donors (Lipinski definition) is 1. The molecule has 0 bridgehead atoms. The molecule has 0 aromatic heterocycles. The lowest BCUT2D eigenvalue weighted by Gasteiger charge is -2.33. The number of anilines is 1. The van der Waals surface area contributed by atoms with Gasteiger partial charge in [-0.1, -0.05) is 80.4 Å². The number of nitrogens with zero attached hydrogens (tertiary/aromatic N) is 2. The highest BCUT2D eigenvalue weighted by atomic mass is 35.5. The molecule has 8 nitrogen and oxygen atoms in total. The van der Waals surface area contributed by atoms with Gasteiger partial charge in [0.2, 0.25) is 11.8 Å². The van der Waals surface area contributed by atoms with Crippen molar-refractivity contribution in [2.75, 3.05) is 24.5 Å². The van der Waals surface area contributed by atoms with Crippen LogP contribution < -0.4 is 14.4 Å². The molecular formula is C31H38ClN3O5S. The summed E-state index contributed by atoms with van der Waals surface area (Å²) in [6.45, 7) is 7.75. The first-order chi connectivity index (χ1) is 19.5. The SMILES string of the molecule is CCC(C(=O)NCC(C)C)N(Cc1cccc(C)c1)C(=O)CN(c1cc(Cl)ccc1OC)S(=O)(=O)c1ccccc1. The lowest BCUT2D eigenvalue weighted by atomic mass is 10.1. The molecule has 1 atom stereocenters. The first kappa shape index (κ1) is 32.0. The Morgan fingerprint density at radius 1 is 1.00 bits per heavy atom. The second kappa shape index (κ2) is 14.4. The number of carbonyl (C=O) groups excluding carboxylic acids is 2. The van der Waals surface area contributed by atoms with Gasteiger partial charge >= 0.3 is 0 Å². The number of amides is 2. The van der Waals surface area contributed by atoms with Crippen molar-refractivity contribution in [3.8, 4) is 5.75 Å². The molecular weight excluding hydrogens is 562 g/mol.